The van der Waals surface area contributed by atoms with Crippen molar-refractivity contribution < 1.29 is 9.59 Å². The molecule has 138 valence electrons. The lowest BCUT2D eigenvalue weighted by molar-refractivity contribution is -0.130. The number of rotatable bonds is 5. The van der Waals surface area contributed by atoms with E-state index in [9.17, 15) is 9.59 Å². The Balaban J connectivity index is 1.78. The monoisotopic (exact) mass is 372 g/mol. The second-order valence-corrected chi connectivity index (χ2v) is 8.38. The van der Waals surface area contributed by atoms with Crippen LogP contribution in [0.3, 0.4) is 0 Å². The summed E-state index contributed by atoms with van der Waals surface area (Å²) in [6, 6.07) is 11.9. The summed E-state index contributed by atoms with van der Waals surface area (Å²) in [7, 11) is 0. The molecule has 0 unspecified atom stereocenters. The summed E-state index contributed by atoms with van der Waals surface area (Å²) >= 11 is 1.53. The summed E-state index contributed by atoms with van der Waals surface area (Å²) in [5, 5.41) is 7.62. The minimum Gasteiger partial charge on any atom is -0.323 e. The number of carbonyl (C=O) groups excluding carboxylic acids is 2. The maximum Gasteiger partial charge on any atom is 0.245 e. The van der Waals surface area contributed by atoms with Gasteiger partial charge in [-0.05, 0) is 5.56 Å². The molecule has 7 heteroatoms. The molecule has 1 aromatic heterocycles. The van der Waals surface area contributed by atoms with Crippen LogP contribution in [0, 0.1) is 0 Å². The SMILES string of the molecule is CC(C)(C)c1cc(NC(=O)CN2CSCC2=O)n(Cc2ccccc2)n1. The molecule has 26 heavy (non-hydrogen) atoms. The van der Waals surface area contributed by atoms with Crippen LogP contribution >= 0.6 is 11.8 Å². The van der Waals surface area contributed by atoms with Gasteiger partial charge in [-0.2, -0.15) is 5.10 Å². The topological polar surface area (TPSA) is 67.2 Å². The minimum absolute atomic E-state index is 0.0123. The van der Waals surface area contributed by atoms with Crippen LogP contribution in [0.2, 0.25) is 0 Å². The van der Waals surface area contributed by atoms with Crippen LogP contribution in [0.1, 0.15) is 32.0 Å². The van der Waals surface area contributed by atoms with E-state index in [2.05, 4.69) is 26.1 Å². The first-order chi connectivity index (χ1) is 12.3. The minimum atomic E-state index is -0.199. The normalized spacial score (nSPS) is 14.7. The maximum atomic E-state index is 12.4. The molecule has 2 heterocycles. The van der Waals surface area contributed by atoms with E-state index in [1.54, 1.807) is 4.90 Å². The Morgan fingerprint density at radius 3 is 2.62 bits per heavy atom. The van der Waals surface area contributed by atoms with E-state index in [0.29, 0.717) is 24.0 Å². The fraction of sp³-hybridized carbons (Fsp3) is 0.421. The largest absolute Gasteiger partial charge is 0.323 e. The third-order valence-corrected chi connectivity index (χ3v) is 5.10. The lowest BCUT2D eigenvalue weighted by Crippen LogP contribution is -2.34. The highest BCUT2D eigenvalue weighted by Crippen LogP contribution is 2.25. The van der Waals surface area contributed by atoms with Gasteiger partial charge in [-0.25, -0.2) is 4.68 Å². The van der Waals surface area contributed by atoms with Crippen molar-refractivity contribution >= 4 is 29.4 Å². The van der Waals surface area contributed by atoms with Crippen molar-refractivity contribution in [2.75, 3.05) is 23.5 Å². The van der Waals surface area contributed by atoms with Gasteiger partial charge in [0.1, 0.15) is 12.4 Å². The number of amides is 2. The Kier molecular flexibility index (Phi) is 5.36. The van der Waals surface area contributed by atoms with Crippen molar-refractivity contribution in [1.29, 1.82) is 0 Å². The Labute approximate surface area is 157 Å². The smallest absolute Gasteiger partial charge is 0.245 e. The van der Waals surface area contributed by atoms with E-state index in [1.807, 2.05) is 41.1 Å². The van der Waals surface area contributed by atoms with Crippen molar-refractivity contribution in [3.63, 3.8) is 0 Å². The van der Waals surface area contributed by atoms with Crippen molar-refractivity contribution in [3.8, 4) is 0 Å². The molecule has 0 spiro atoms. The third-order valence-electron chi connectivity index (χ3n) is 4.15. The molecule has 1 saturated heterocycles. The van der Waals surface area contributed by atoms with Crippen LogP contribution in [-0.2, 0) is 21.5 Å². The van der Waals surface area contributed by atoms with Gasteiger partial charge in [0.2, 0.25) is 11.8 Å². The lowest BCUT2D eigenvalue weighted by Gasteiger charge is -2.14. The molecule has 0 saturated carbocycles. The van der Waals surface area contributed by atoms with Gasteiger partial charge in [0, 0.05) is 11.5 Å². The van der Waals surface area contributed by atoms with Gasteiger partial charge in [-0.15, -0.1) is 11.8 Å². The second kappa shape index (κ2) is 7.53. The molecule has 0 radical (unpaired) electrons. The van der Waals surface area contributed by atoms with E-state index >= 15 is 0 Å². The average Bonchev–Trinajstić information content (AvgIpc) is 3.15. The highest BCUT2D eigenvalue weighted by Gasteiger charge is 2.25. The van der Waals surface area contributed by atoms with E-state index in [1.165, 1.54) is 11.8 Å². The zero-order chi connectivity index (χ0) is 18.7. The van der Waals surface area contributed by atoms with Crippen molar-refractivity contribution in [1.82, 2.24) is 14.7 Å². The van der Waals surface area contributed by atoms with Gasteiger partial charge < -0.3 is 10.2 Å². The molecule has 0 atom stereocenters. The fourth-order valence-corrected chi connectivity index (χ4v) is 3.56. The van der Waals surface area contributed by atoms with Gasteiger partial charge in [0.15, 0.2) is 0 Å². The first kappa shape index (κ1) is 18.5. The Morgan fingerprint density at radius 2 is 2.00 bits per heavy atom. The van der Waals surface area contributed by atoms with Gasteiger partial charge in [0.05, 0.1) is 23.9 Å². The Bertz CT molecular complexity index is 796. The molecular weight excluding hydrogens is 348 g/mol. The van der Waals surface area contributed by atoms with Crippen molar-refractivity contribution in [3.05, 3.63) is 47.7 Å². The number of nitrogens with one attached hydrogen (secondary N) is 1. The van der Waals surface area contributed by atoms with Gasteiger partial charge >= 0.3 is 0 Å². The van der Waals surface area contributed by atoms with Gasteiger partial charge in [0.25, 0.3) is 0 Å². The summed E-state index contributed by atoms with van der Waals surface area (Å²) in [6.07, 6.45) is 0. The number of thioether (sulfide) groups is 1. The molecule has 1 aliphatic heterocycles. The first-order valence-corrected chi connectivity index (χ1v) is 9.76. The van der Waals surface area contributed by atoms with Crippen LogP contribution in [0.25, 0.3) is 0 Å². The van der Waals surface area contributed by atoms with Crippen LogP contribution in [0.4, 0.5) is 5.82 Å². The predicted molar refractivity (Wildman–Crippen MR) is 104 cm³/mol. The van der Waals surface area contributed by atoms with Gasteiger partial charge in [-0.3, -0.25) is 9.59 Å². The molecule has 1 aromatic carbocycles. The molecule has 1 aliphatic rings. The zero-order valence-electron chi connectivity index (χ0n) is 15.4. The third kappa shape index (κ3) is 4.46. The number of benzene rings is 1. The molecule has 3 rings (SSSR count). The summed E-state index contributed by atoms with van der Waals surface area (Å²) in [5.41, 5.74) is 1.90. The van der Waals surface area contributed by atoms with E-state index < -0.39 is 0 Å². The summed E-state index contributed by atoms with van der Waals surface area (Å²) in [6.45, 7) is 6.92. The summed E-state index contributed by atoms with van der Waals surface area (Å²) in [4.78, 5) is 25.7. The summed E-state index contributed by atoms with van der Waals surface area (Å²) < 4.78 is 1.81. The van der Waals surface area contributed by atoms with E-state index in [0.717, 1.165) is 11.3 Å². The summed E-state index contributed by atoms with van der Waals surface area (Å²) in [5.74, 6) is 1.49. The van der Waals surface area contributed by atoms with Crippen LogP contribution in [0.15, 0.2) is 36.4 Å². The number of anilines is 1. The van der Waals surface area contributed by atoms with Crippen LogP contribution < -0.4 is 5.32 Å². The lowest BCUT2D eigenvalue weighted by atomic mass is 9.92. The average molecular weight is 372 g/mol. The predicted octanol–water partition coefficient (Wildman–Crippen LogP) is 2.70. The molecule has 1 N–H and O–H groups in total. The quantitative estimate of drug-likeness (QED) is 0.876. The highest BCUT2D eigenvalue weighted by molar-refractivity contribution is 8.00. The highest BCUT2D eigenvalue weighted by atomic mass is 32.2. The van der Waals surface area contributed by atoms with Crippen LogP contribution in [0.5, 0.6) is 0 Å². The molecule has 1 fully saturated rings. The Morgan fingerprint density at radius 1 is 1.27 bits per heavy atom. The molecule has 0 bridgehead atoms. The fourth-order valence-electron chi connectivity index (χ4n) is 2.66. The van der Waals surface area contributed by atoms with E-state index in [4.69, 9.17) is 5.10 Å². The number of carbonyl (C=O) groups is 2. The van der Waals surface area contributed by atoms with Crippen molar-refractivity contribution in [2.24, 2.45) is 0 Å². The molecular formula is C19H24N4O2S. The van der Waals surface area contributed by atoms with Gasteiger partial charge in [-0.1, -0.05) is 51.1 Å². The zero-order valence-corrected chi connectivity index (χ0v) is 16.2. The number of hydrogen-bond acceptors (Lipinski definition) is 4. The number of hydrogen-bond donors (Lipinski definition) is 1. The standard InChI is InChI=1S/C19H24N4O2S/c1-19(2,3)15-9-16(20-17(24)11-22-13-26-12-18(22)25)23(21-15)10-14-7-5-4-6-8-14/h4-9H,10-13H2,1-3H3,(H,20,24). The maximum absolute atomic E-state index is 12.4. The van der Waals surface area contributed by atoms with E-state index in [-0.39, 0.29) is 23.8 Å². The molecule has 6 nitrogen and oxygen atoms in total. The number of aromatic nitrogens is 2. The van der Waals surface area contributed by atoms with Crippen LogP contribution in [-0.4, -0.2) is 44.7 Å². The molecule has 0 aliphatic carbocycles. The molecule has 2 aromatic rings. The number of nitrogens with zero attached hydrogens (tertiary/aromatic N) is 3. The molecule has 2 amide bonds. The second-order valence-electron chi connectivity index (χ2n) is 7.43. The van der Waals surface area contributed by atoms with Crippen molar-refractivity contribution in [2.45, 2.75) is 32.7 Å². The first-order valence-electron chi connectivity index (χ1n) is 8.60. The Hall–Kier alpha value is -2.28.